The lowest BCUT2D eigenvalue weighted by molar-refractivity contribution is -0.360. The Labute approximate surface area is 567 Å². The van der Waals surface area contributed by atoms with Crippen LogP contribution in [0.5, 0.6) is 0 Å². The van der Waals surface area contributed by atoms with E-state index in [1.807, 2.05) is 0 Å². The second-order valence-electron chi connectivity index (χ2n) is 26.7. The molecule has 3 rings (SSSR count). The Morgan fingerprint density at radius 1 is 0.400 bits per heavy atom. The lowest BCUT2D eigenvalue weighted by Crippen LogP contribution is -2.69. The minimum absolute atomic E-state index is 0.0321. The van der Waals surface area contributed by atoms with Crippen molar-refractivity contribution in [2.45, 2.75) is 388 Å². The fourth-order valence-electron chi connectivity index (χ4n) is 12.2. The lowest BCUT2D eigenvalue weighted by atomic mass is 9.84. The maximum absolute atomic E-state index is 14.3. The van der Waals surface area contributed by atoms with Crippen molar-refractivity contribution in [2.24, 2.45) is 0 Å². The van der Waals surface area contributed by atoms with Gasteiger partial charge in [0.05, 0.1) is 13.2 Å². The first-order chi connectivity index (χ1) is 45.8. The number of hydrogen-bond donors (Lipinski definition) is 11. The van der Waals surface area contributed by atoms with Gasteiger partial charge in [-0.2, -0.15) is 0 Å². The van der Waals surface area contributed by atoms with Gasteiger partial charge in [0.1, 0.15) is 98.7 Å². The SMILES string of the molecule is CCCCCCCC/C=C\CCCCCC(=O)OC(COC(=O)CCCCCCCCCCCCCC)COP(=O)(O)OC1C(OC2OC(CO)C(O)C(O)C2O)C(O)C(O)C(O)C1OC1OC(COC(=O)CCCCCCCCCCCCCCCCC)C(O)C(O)C1O. The lowest BCUT2D eigenvalue weighted by Gasteiger charge is -2.49. The molecule has 24 nitrogen and oxygen atoms in total. The van der Waals surface area contributed by atoms with Crippen molar-refractivity contribution in [3.05, 3.63) is 12.2 Å². The molecule has 1 saturated carbocycles. The number of aliphatic hydroxyl groups excluding tert-OH is 10. The Morgan fingerprint density at radius 3 is 1.15 bits per heavy atom. The first-order valence-electron chi connectivity index (χ1n) is 37.0. The molecule has 25 heteroatoms. The van der Waals surface area contributed by atoms with E-state index >= 15 is 0 Å². The second kappa shape index (κ2) is 52.6. The van der Waals surface area contributed by atoms with Gasteiger partial charge in [0.15, 0.2) is 18.7 Å². The van der Waals surface area contributed by atoms with E-state index in [9.17, 15) is 74.9 Å². The third-order valence-corrected chi connectivity index (χ3v) is 19.3. The van der Waals surface area contributed by atoms with Crippen LogP contribution in [0.2, 0.25) is 0 Å². The summed E-state index contributed by atoms with van der Waals surface area (Å²) in [7, 11) is -5.69. The number of allylic oxidation sites excluding steroid dienone is 2. The molecular weight excluding hydrogens is 1260 g/mol. The largest absolute Gasteiger partial charge is 0.472 e. The maximum atomic E-state index is 14.3. The summed E-state index contributed by atoms with van der Waals surface area (Å²) in [5.41, 5.74) is 0. The fourth-order valence-corrected chi connectivity index (χ4v) is 13.2. The van der Waals surface area contributed by atoms with Crippen LogP contribution in [0.15, 0.2) is 12.2 Å². The molecule has 1 aliphatic carbocycles. The molecule has 11 N–H and O–H groups in total. The summed E-state index contributed by atoms with van der Waals surface area (Å²) < 4.78 is 64.9. The molecule has 0 aromatic rings. The Hall–Kier alpha value is -2.30. The first kappa shape index (κ1) is 86.9. The number of aliphatic hydroxyl groups is 10. The van der Waals surface area contributed by atoms with Crippen LogP contribution in [-0.2, 0) is 61.2 Å². The monoisotopic (exact) mass is 1380 g/mol. The highest BCUT2D eigenvalue weighted by atomic mass is 31.2. The molecule has 2 saturated heterocycles. The van der Waals surface area contributed by atoms with Crippen molar-refractivity contribution in [3.8, 4) is 0 Å². The number of rotatable bonds is 57. The molecule has 0 aromatic heterocycles. The second-order valence-corrected chi connectivity index (χ2v) is 28.1. The first-order valence-corrected chi connectivity index (χ1v) is 38.5. The molecule has 2 heterocycles. The van der Waals surface area contributed by atoms with Gasteiger partial charge in [-0.05, 0) is 44.9 Å². The molecule has 18 unspecified atom stereocenters. The van der Waals surface area contributed by atoms with Crippen LogP contribution in [-0.4, -0.2) is 204 Å². The van der Waals surface area contributed by atoms with Crippen molar-refractivity contribution in [1.29, 1.82) is 0 Å². The molecule has 18 atom stereocenters. The van der Waals surface area contributed by atoms with Crippen molar-refractivity contribution in [1.82, 2.24) is 0 Å². The van der Waals surface area contributed by atoms with Gasteiger partial charge in [0.2, 0.25) is 0 Å². The van der Waals surface area contributed by atoms with E-state index in [-0.39, 0.29) is 19.3 Å². The van der Waals surface area contributed by atoms with Crippen LogP contribution in [0, 0.1) is 0 Å². The zero-order chi connectivity index (χ0) is 69.6. The van der Waals surface area contributed by atoms with Crippen molar-refractivity contribution < 1.29 is 117 Å². The predicted molar refractivity (Wildman–Crippen MR) is 356 cm³/mol. The summed E-state index contributed by atoms with van der Waals surface area (Å²) in [4.78, 5) is 50.9. The number of hydrogen-bond acceptors (Lipinski definition) is 23. The van der Waals surface area contributed by atoms with Crippen molar-refractivity contribution in [2.75, 3.05) is 26.4 Å². The number of carbonyl (C=O) groups is 3. The number of ether oxygens (including phenoxy) is 7. The number of esters is 3. The van der Waals surface area contributed by atoms with Gasteiger partial charge in [0.25, 0.3) is 0 Å². The number of phosphoric ester groups is 1. The predicted octanol–water partition coefficient (Wildman–Crippen LogP) is 9.57. The smallest absolute Gasteiger partial charge is 0.463 e. The molecule has 3 fully saturated rings. The van der Waals surface area contributed by atoms with Gasteiger partial charge in [-0.3, -0.25) is 23.4 Å². The molecule has 0 bridgehead atoms. The summed E-state index contributed by atoms with van der Waals surface area (Å²) in [5, 5.41) is 110. The summed E-state index contributed by atoms with van der Waals surface area (Å²) in [5.74, 6) is -2.00. The molecule has 558 valence electrons. The molecule has 0 amide bonds. The molecule has 0 aromatic carbocycles. The molecular formula is C70H129O24P. The van der Waals surface area contributed by atoms with E-state index in [2.05, 4.69) is 32.9 Å². The van der Waals surface area contributed by atoms with Crippen molar-refractivity contribution >= 4 is 25.7 Å². The van der Waals surface area contributed by atoms with Gasteiger partial charge in [-0.25, -0.2) is 4.57 Å². The number of carbonyl (C=O) groups excluding carboxylic acids is 3. The van der Waals surface area contributed by atoms with E-state index in [0.717, 1.165) is 89.9 Å². The Balaban J connectivity index is 1.74. The van der Waals surface area contributed by atoms with Gasteiger partial charge < -0.3 is 89.1 Å². The zero-order valence-corrected chi connectivity index (χ0v) is 58.9. The summed E-state index contributed by atoms with van der Waals surface area (Å²) >= 11 is 0. The van der Waals surface area contributed by atoms with Crippen molar-refractivity contribution in [3.63, 3.8) is 0 Å². The third-order valence-electron chi connectivity index (χ3n) is 18.3. The van der Waals surface area contributed by atoms with Gasteiger partial charge in [-0.15, -0.1) is 0 Å². The Kier molecular flexibility index (Phi) is 48.2. The quantitative estimate of drug-likeness (QED) is 0.00887. The molecule has 95 heavy (non-hydrogen) atoms. The van der Waals surface area contributed by atoms with E-state index in [4.69, 9.17) is 42.2 Å². The minimum Gasteiger partial charge on any atom is -0.463 e. The van der Waals surface area contributed by atoms with Gasteiger partial charge in [0, 0.05) is 19.3 Å². The standard InChI is InChI=1S/C70H129O24P/c1-4-7-10-13-16-19-22-25-26-28-30-33-36-39-42-45-55(73)87-50-53-58(76)60(78)65(83)70(91-53)93-67-63(81)61(79)62(80)66(92-69-64(82)59(77)57(75)52(47-71)90-69)68(67)94-95(84,85)88-49-51(48-86-54(72)44-41-38-35-32-29-24-21-18-15-12-9-6-3)89-56(74)46-43-40-37-34-31-27-23-20-17-14-11-8-5-2/h27,31,51-53,57-71,75-83H,4-26,28-30,32-50H2,1-3H3,(H,84,85)/b31-27-. The minimum atomic E-state index is -5.69. The molecule has 0 spiro atoms. The Morgan fingerprint density at radius 2 is 0.737 bits per heavy atom. The van der Waals surface area contributed by atoms with Crippen LogP contribution < -0.4 is 0 Å². The summed E-state index contributed by atoms with van der Waals surface area (Å²) in [6.07, 6.45) is 10.1. The highest BCUT2D eigenvalue weighted by Gasteiger charge is 2.58. The normalized spacial score (nSPS) is 28.1. The van der Waals surface area contributed by atoms with Gasteiger partial charge in [-0.1, -0.05) is 232 Å². The van der Waals surface area contributed by atoms with E-state index < -0.39 is 156 Å². The summed E-state index contributed by atoms with van der Waals surface area (Å²) in [6.45, 7) is 3.42. The molecule has 2 aliphatic heterocycles. The average molecular weight is 1390 g/mol. The highest BCUT2D eigenvalue weighted by Crippen LogP contribution is 2.49. The maximum Gasteiger partial charge on any atom is 0.472 e. The van der Waals surface area contributed by atoms with Gasteiger partial charge >= 0.3 is 25.7 Å². The van der Waals surface area contributed by atoms with Crippen LogP contribution in [0.1, 0.15) is 284 Å². The van der Waals surface area contributed by atoms with E-state index in [1.54, 1.807) is 0 Å². The average Bonchev–Trinajstić information content (AvgIpc) is 0.764. The van der Waals surface area contributed by atoms with Crippen LogP contribution in [0.3, 0.4) is 0 Å². The fraction of sp³-hybridized carbons (Fsp3) is 0.929. The third kappa shape index (κ3) is 36.2. The van der Waals surface area contributed by atoms with E-state index in [0.29, 0.717) is 25.7 Å². The van der Waals surface area contributed by atoms with Crippen LogP contribution >= 0.6 is 7.82 Å². The van der Waals surface area contributed by atoms with E-state index in [1.165, 1.54) is 128 Å². The summed E-state index contributed by atoms with van der Waals surface area (Å²) in [6, 6.07) is 0. The molecule has 0 radical (unpaired) electrons. The number of phosphoric acid groups is 1. The Bertz CT molecular complexity index is 2020. The van der Waals surface area contributed by atoms with Crippen LogP contribution in [0.25, 0.3) is 0 Å². The molecule has 3 aliphatic rings. The zero-order valence-electron chi connectivity index (χ0n) is 58.0. The number of unbranched alkanes of at least 4 members (excludes halogenated alkanes) is 34. The topological polar surface area (TPSA) is 374 Å². The van der Waals surface area contributed by atoms with Crippen LogP contribution in [0.4, 0.5) is 0 Å². The highest BCUT2D eigenvalue weighted by molar-refractivity contribution is 7.47.